The van der Waals surface area contributed by atoms with Gasteiger partial charge in [0.2, 0.25) is 5.91 Å². The molecular weight excluding hydrogens is 316 g/mol. The molecule has 3 N–H and O–H groups in total. The van der Waals surface area contributed by atoms with Crippen LogP contribution in [0.2, 0.25) is 0 Å². The number of amides is 3. The molecule has 0 aromatic heterocycles. The van der Waals surface area contributed by atoms with Gasteiger partial charge in [0.25, 0.3) is 0 Å². The number of urea groups is 1. The van der Waals surface area contributed by atoms with Crippen molar-refractivity contribution in [3.8, 4) is 0 Å². The number of hydrogen-bond donors (Lipinski definition) is 3. The van der Waals surface area contributed by atoms with E-state index in [1.807, 2.05) is 31.2 Å². The topological polar surface area (TPSA) is 73.5 Å². The molecule has 2 aliphatic rings. The smallest absolute Gasteiger partial charge is 0.321 e. The summed E-state index contributed by atoms with van der Waals surface area (Å²) < 4.78 is 0. The summed E-state index contributed by atoms with van der Waals surface area (Å²) in [4.78, 5) is 25.9. The Hall–Kier alpha value is -1.79. The van der Waals surface area contributed by atoms with Gasteiger partial charge in [0.15, 0.2) is 0 Å². The average molecular weight is 339 g/mol. The van der Waals surface area contributed by atoms with Crippen LogP contribution in [-0.2, 0) is 4.79 Å². The number of hydrogen-bond acceptors (Lipinski definition) is 3. The van der Waals surface area contributed by atoms with Crippen LogP contribution in [0.5, 0.6) is 0 Å². The van der Waals surface area contributed by atoms with Gasteiger partial charge in [-0.1, -0.05) is 13.0 Å². The highest BCUT2D eigenvalue weighted by Crippen LogP contribution is 2.23. The normalized spacial score (nSPS) is 19.2. The highest BCUT2D eigenvalue weighted by molar-refractivity contribution is 5.96. The molecule has 7 heteroatoms. The van der Waals surface area contributed by atoms with Crippen molar-refractivity contribution >= 4 is 35.7 Å². The van der Waals surface area contributed by atoms with Crippen LogP contribution in [0.25, 0.3) is 0 Å². The molecule has 0 bridgehead atoms. The molecule has 2 heterocycles. The molecule has 2 fully saturated rings. The lowest BCUT2D eigenvalue weighted by atomic mass is 9.88. The van der Waals surface area contributed by atoms with Crippen LogP contribution in [0, 0.1) is 11.8 Å². The minimum atomic E-state index is -0.0800. The zero-order chi connectivity index (χ0) is 15.5. The first kappa shape index (κ1) is 17.6. The minimum absolute atomic E-state index is 0. The van der Waals surface area contributed by atoms with E-state index >= 15 is 0 Å². The second-order valence-corrected chi connectivity index (χ2v) is 5.98. The van der Waals surface area contributed by atoms with Crippen molar-refractivity contribution in [2.45, 2.75) is 13.3 Å². The molecule has 1 atom stereocenters. The van der Waals surface area contributed by atoms with Gasteiger partial charge in [-0.15, -0.1) is 12.4 Å². The maximum absolute atomic E-state index is 12.3. The second kappa shape index (κ2) is 7.66. The van der Waals surface area contributed by atoms with Crippen molar-refractivity contribution in [1.82, 2.24) is 10.6 Å². The summed E-state index contributed by atoms with van der Waals surface area (Å²) in [6.07, 6.45) is 0.925. The van der Waals surface area contributed by atoms with Crippen LogP contribution in [0.4, 0.5) is 16.2 Å². The van der Waals surface area contributed by atoms with E-state index in [1.165, 1.54) is 0 Å². The molecule has 3 amide bonds. The molecule has 2 aliphatic heterocycles. The molecule has 0 aliphatic carbocycles. The summed E-state index contributed by atoms with van der Waals surface area (Å²) in [6.45, 7) is 5.19. The SMILES string of the molecule is CC(C(=O)Nc1cccc(N2CCCNC2=O)c1)C1CNC1.Cl. The molecule has 3 rings (SSSR count). The van der Waals surface area contributed by atoms with E-state index in [0.29, 0.717) is 12.5 Å². The van der Waals surface area contributed by atoms with Crippen LogP contribution in [0.3, 0.4) is 0 Å². The Labute approximate surface area is 142 Å². The molecule has 1 unspecified atom stereocenters. The molecule has 1 aromatic carbocycles. The fourth-order valence-corrected chi connectivity index (χ4v) is 2.76. The minimum Gasteiger partial charge on any atom is -0.338 e. The molecule has 23 heavy (non-hydrogen) atoms. The van der Waals surface area contributed by atoms with Gasteiger partial charge in [0.1, 0.15) is 0 Å². The Morgan fingerprint density at radius 1 is 1.39 bits per heavy atom. The second-order valence-electron chi connectivity index (χ2n) is 5.98. The van der Waals surface area contributed by atoms with Gasteiger partial charge in [-0.2, -0.15) is 0 Å². The fourth-order valence-electron chi connectivity index (χ4n) is 2.76. The number of rotatable bonds is 4. The van der Waals surface area contributed by atoms with Crippen molar-refractivity contribution in [1.29, 1.82) is 0 Å². The third-order valence-electron chi connectivity index (χ3n) is 4.44. The van der Waals surface area contributed by atoms with E-state index in [0.717, 1.165) is 37.4 Å². The third-order valence-corrected chi connectivity index (χ3v) is 4.44. The maximum atomic E-state index is 12.3. The Morgan fingerprint density at radius 2 is 2.17 bits per heavy atom. The van der Waals surface area contributed by atoms with Gasteiger partial charge >= 0.3 is 6.03 Å². The molecule has 0 spiro atoms. The van der Waals surface area contributed by atoms with Gasteiger partial charge in [0.05, 0.1) is 0 Å². The van der Waals surface area contributed by atoms with Crippen molar-refractivity contribution < 1.29 is 9.59 Å². The molecule has 126 valence electrons. The Kier molecular flexibility index (Phi) is 5.85. The Balaban J connectivity index is 0.00000192. The van der Waals surface area contributed by atoms with Crippen molar-refractivity contribution in [3.63, 3.8) is 0 Å². The van der Waals surface area contributed by atoms with Crippen LogP contribution in [0.15, 0.2) is 24.3 Å². The third kappa shape index (κ3) is 3.95. The van der Waals surface area contributed by atoms with E-state index in [9.17, 15) is 9.59 Å². The number of nitrogens with zero attached hydrogens (tertiary/aromatic N) is 1. The van der Waals surface area contributed by atoms with Crippen molar-refractivity contribution in [3.05, 3.63) is 24.3 Å². The van der Waals surface area contributed by atoms with E-state index < -0.39 is 0 Å². The predicted molar refractivity (Wildman–Crippen MR) is 93.2 cm³/mol. The number of carbonyl (C=O) groups excluding carboxylic acids is 2. The van der Waals surface area contributed by atoms with E-state index in [1.54, 1.807) is 4.90 Å². The molecule has 6 nitrogen and oxygen atoms in total. The van der Waals surface area contributed by atoms with Gasteiger partial charge < -0.3 is 16.0 Å². The first-order chi connectivity index (χ1) is 10.6. The Morgan fingerprint density at radius 3 is 2.83 bits per heavy atom. The highest BCUT2D eigenvalue weighted by atomic mass is 35.5. The fraction of sp³-hybridized carbons (Fsp3) is 0.500. The zero-order valence-electron chi connectivity index (χ0n) is 13.2. The van der Waals surface area contributed by atoms with Crippen LogP contribution >= 0.6 is 12.4 Å². The van der Waals surface area contributed by atoms with E-state index in [-0.39, 0.29) is 30.3 Å². The zero-order valence-corrected chi connectivity index (χ0v) is 14.0. The number of anilines is 2. The maximum Gasteiger partial charge on any atom is 0.321 e. The van der Waals surface area contributed by atoms with Crippen LogP contribution in [-0.4, -0.2) is 38.1 Å². The summed E-state index contributed by atoms with van der Waals surface area (Å²) in [5, 5.41) is 8.98. The summed E-state index contributed by atoms with van der Waals surface area (Å²) in [7, 11) is 0. The van der Waals surface area contributed by atoms with E-state index in [2.05, 4.69) is 16.0 Å². The monoisotopic (exact) mass is 338 g/mol. The number of halogens is 1. The van der Waals surface area contributed by atoms with Crippen molar-refractivity contribution in [2.24, 2.45) is 11.8 Å². The first-order valence-corrected chi connectivity index (χ1v) is 7.82. The lowest BCUT2D eigenvalue weighted by Gasteiger charge is -2.32. The van der Waals surface area contributed by atoms with Gasteiger partial charge in [-0.25, -0.2) is 4.79 Å². The summed E-state index contributed by atoms with van der Waals surface area (Å²) >= 11 is 0. The van der Waals surface area contributed by atoms with Gasteiger partial charge in [-0.05, 0) is 43.6 Å². The number of nitrogens with one attached hydrogen (secondary N) is 3. The van der Waals surface area contributed by atoms with Gasteiger partial charge in [-0.3, -0.25) is 9.69 Å². The highest BCUT2D eigenvalue weighted by Gasteiger charge is 2.28. The summed E-state index contributed by atoms with van der Waals surface area (Å²) in [5.74, 6) is 0.436. The van der Waals surface area contributed by atoms with Crippen molar-refractivity contribution in [2.75, 3.05) is 36.4 Å². The van der Waals surface area contributed by atoms with Crippen LogP contribution < -0.4 is 20.9 Å². The van der Waals surface area contributed by atoms with Crippen LogP contribution in [0.1, 0.15) is 13.3 Å². The Bertz CT molecular complexity index is 577. The summed E-state index contributed by atoms with van der Waals surface area (Å²) in [6, 6.07) is 7.38. The molecule has 0 radical (unpaired) electrons. The molecule has 0 saturated carbocycles. The predicted octanol–water partition coefficient (Wildman–Crippen LogP) is 1.82. The molecule has 1 aromatic rings. The number of carbonyl (C=O) groups is 2. The lowest BCUT2D eigenvalue weighted by Crippen LogP contribution is -2.48. The standard InChI is InChI=1S/C16H22N4O2.ClH/c1-11(12-9-17-10-12)15(21)19-13-4-2-5-14(8-13)20-7-3-6-18-16(20)22;/h2,4-5,8,11-12,17H,3,6-7,9-10H2,1H3,(H,18,22)(H,19,21);1H. The summed E-state index contributed by atoms with van der Waals surface area (Å²) in [5.41, 5.74) is 1.55. The number of benzene rings is 1. The first-order valence-electron chi connectivity index (χ1n) is 7.82. The average Bonchev–Trinajstić information content (AvgIpc) is 2.46. The van der Waals surface area contributed by atoms with Gasteiger partial charge in [0, 0.05) is 30.4 Å². The lowest BCUT2D eigenvalue weighted by molar-refractivity contribution is -0.121. The molecular formula is C16H23ClN4O2. The van der Waals surface area contributed by atoms with E-state index in [4.69, 9.17) is 0 Å². The quantitative estimate of drug-likeness (QED) is 0.784. The molecule has 2 saturated heterocycles. The largest absolute Gasteiger partial charge is 0.338 e.